The van der Waals surface area contributed by atoms with Gasteiger partial charge in [-0.3, -0.25) is 14.8 Å². The fraction of sp³-hybridized carbons (Fsp3) is 0.333. The monoisotopic (exact) mass is 367 g/mol. The highest BCUT2D eigenvalue weighted by Gasteiger charge is 2.22. The van der Waals surface area contributed by atoms with Crippen LogP contribution in [0.4, 0.5) is 5.69 Å². The zero-order chi connectivity index (χ0) is 19.4. The minimum Gasteiger partial charge on any atom is -0.378 e. The molecule has 2 N–H and O–H groups in total. The van der Waals surface area contributed by atoms with Crippen molar-refractivity contribution in [3.63, 3.8) is 0 Å². The van der Waals surface area contributed by atoms with Crippen molar-refractivity contribution in [3.05, 3.63) is 64.7 Å². The second kappa shape index (κ2) is 8.22. The molecule has 1 aliphatic rings. The van der Waals surface area contributed by atoms with Crippen LogP contribution < -0.4 is 10.4 Å². The quantitative estimate of drug-likeness (QED) is 0.629. The van der Waals surface area contributed by atoms with E-state index in [0.717, 1.165) is 23.2 Å². The Morgan fingerprint density at radius 3 is 2.52 bits per heavy atom. The van der Waals surface area contributed by atoms with Crippen LogP contribution in [0.2, 0.25) is 0 Å². The third-order valence-corrected chi connectivity index (χ3v) is 4.97. The van der Waals surface area contributed by atoms with E-state index in [1.165, 1.54) is 5.56 Å². The van der Waals surface area contributed by atoms with Gasteiger partial charge in [0.1, 0.15) is 0 Å². The predicted molar refractivity (Wildman–Crippen MR) is 104 cm³/mol. The Labute approximate surface area is 159 Å². The topological polar surface area (TPSA) is 72.9 Å². The van der Waals surface area contributed by atoms with Crippen molar-refractivity contribution in [1.82, 2.24) is 10.4 Å². The molecule has 3 rings (SSSR count). The van der Waals surface area contributed by atoms with E-state index in [2.05, 4.69) is 6.07 Å². The van der Waals surface area contributed by atoms with Gasteiger partial charge in [0, 0.05) is 44.9 Å². The number of aryl methyl sites for hydroxylation is 1. The lowest BCUT2D eigenvalue weighted by Crippen LogP contribution is -2.36. The first-order valence-corrected chi connectivity index (χ1v) is 9.08. The summed E-state index contributed by atoms with van der Waals surface area (Å²) in [4.78, 5) is 27.9. The van der Waals surface area contributed by atoms with Gasteiger partial charge in [-0.2, -0.15) is 0 Å². The van der Waals surface area contributed by atoms with Crippen LogP contribution in [-0.4, -0.2) is 42.6 Å². The van der Waals surface area contributed by atoms with Gasteiger partial charge in [0.2, 0.25) is 5.91 Å². The van der Waals surface area contributed by atoms with Gasteiger partial charge in [-0.05, 0) is 53.8 Å². The van der Waals surface area contributed by atoms with Crippen LogP contribution in [0.5, 0.6) is 0 Å². The summed E-state index contributed by atoms with van der Waals surface area (Å²) in [6, 6.07) is 13.8. The molecule has 142 valence electrons. The van der Waals surface area contributed by atoms with E-state index in [4.69, 9.17) is 5.21 Å². The molecule has 0 saturated heterocycles. The lowest BCUT2D eigenvalue weighted by molar-refractivity contribution is -0.129. The van der Waals surface area contributed by atoms with Gasteiger partial charge in [-0.1, -0.05) is 18.2 Å². The molecule has 0 radical (unpaired) electrons. The van der Waals surface area contributed by atoms with Gasteiger partial charge in [0.05, 0.1) is 0 Å². The molecule has 1 aliphatic heterocycles. The van der Waals surface area contributed by atoms with Crippen molar-refractivity contribution >= 4 is 17.5 Å². The van der Waals surface area contributed by atoms with Crippen molar-refractivity contribution in [2.24, 2.45) is 0 Å². The van der Waals surface area contributed by atoms with E-state index in [9.17, 15) is 9.59 Å². The van der Waals surface area contributed by atoms with Gasteiger partial charge in [-0.15, -0.1) is 0 Å². The molecule has 0 bridgehead atoms. The summed E-state index contributed by atoms with van der Waals surface area (Å²) in [6.45, 7) is 1.28. The fourth-order valence-electron chi connectivity index (χ4n) is 3.33. The average Bonchev–Trinajstić information content (AvgIpc) is 2.70. The SMILES string of the molecule is CN(C)c1ccc(C(=O)N2CCc3cc(CCC(=O)NO)ccc3C2)cc1. The Morgan fingerprint density at radius 1 is 1.11 bits per heavy atom. The molecule has 0 fully saturated rings. The Bertz CT molecular complexity index is 831. The molecule has 0 spiro atoms. The van der Waals surface area contributed by atoms with E-state index in [1.54, 1.807) is 5.48 Å². The zero-order valence-corrected chi connectivity index (χ0v) is 15.7. The third-order valence-electron chi connectivity index (χ3n) is 4.97. The van der Waals surface area contributed by atoms with E-state index in [-0.39, 0.29) is 18.2 Å². The standard InChI is InChI=1S/C21H25N3O3/c1-23(2)19-8-6-16(7-9-19)21(26)24-12-11-17-13-15(3-5-18(17)14-24)4-10-20(25)22-27/h3,5-9,13,27H,4,10-12,14H2,1-2H3,(H,22,25). The number of carbonyl (C=O) groups is 2. The van der Waals surface area contributed by atoms with Crippen molar-refractivity contribution in [1.29, 1.82) is 0 Å². The Kier molecular flexibility index (Phi) is 5.76. The average molecular weight is 367 g/mol. The largest absolute Gasteiger partial charge is 0.378 e. The highest BCUT2D eigenvalue weighted by Crippen LogP contribution is 2.23. The van der Waals surface area contributed by atoms with Crippen LogP contribution in [0.1, 0.15) is 33.5 Å². The maximum atomic E-state index is 12.8. The summed E-state index contributed by atoms with van der Waals surface area (Å²) in [5, 5.41) is 8.58. The predicted octanol–water partition coefficient (Wildman–Crippen LogP) is 2.39. The normalized spacial score (nSPS) is 13.1. The summed E-state index contributed by atoms with van der Waals surface area (Å²) < 4.78 is 0. The third kappa shape index (κ3) is 4.46. The minimum atomic E-state index is -0.384. The molecule has 6 nitrogen and oxygen atoms in total. The summed E-state index contributed by atoms with van der Waals surface area (Å²) in [5.41, 5.74) is 6.87. The Morgan fingerprint density at radius 2 is 1.85 bits per heavy atom. The smallest absolute Gasteiger partial charge is 0.254 e. The number of anilines is 1. The molecule has 0 unspecified atom stereocenters. The molecule has 2 aromatic rings. The highest BCUT2D eigenvalue weighted by molar-refractivity contribution is 5.94. The lowest BCUT2D eigenvalue weighted by Gasteiger charge is -2.29. The van der Waals surface area contributed by atoms with Crippen LogP contribution in [-0.2, 0) is 24.2 Å². The number of carbonyl (C=O) groups excluding carboxylic acids is 2. The molecule has 0 aliphatic carbocycles. The van der Waals surface area contributed by atoms with Crippen molar-refractivity contribution in [2.75, 3.05) is 25.5 Å². The molecule has 0 aromatic heterocycles. The van der Waals surface area contributed by atoms with Gasteiger partial charge in [0.25, 0.3) is 5.91 Å². The maximum absolute atomic E-state index is 12.8. The van der Waals surface area contributed by atoms with Crippen molar-refractivity contribution in [2.45, 2.75) is 25.8 Å². The molecule has 0 saturated carbocycles. The number of rotatable bonds is 5. The Balaban J connectivity index is 1.67. The first kappa shape index (κ1) is 18.9. The van der Waals surface area contributed by atoms with Crippen LogP contribution >= 0.6 is 0 Å². The lowest BCUT2D eigenvalue weighted by atomic mass is 9.95. The van der Waals surface area contributed by atoms with Gasteiger partial charge in [0.15, 0.2) is 0 Å². The molecular weight excluding hydrogens is 342 g/mol. The second-order valence-electron chi connectivity index (χ2n) is 7.06. The molecular formula is C21H25N3O3. The molecule has 2 amide bonds. The van der Waals surface area contributed by atoms with Crippen molar-refractivity contribution in [3.8, 4) is 0 Å². The fourth-order valence-corrected chi connectivity index (χ4v) is 3.33. The number of hydrogen-bond donors (Lipinski definition) is 2. The molecule has 6 heteroatoms. The highest BCUT2D eigenvalue weighted by atomic mass is 16.5. The molecule has 27 heavy (non-hydrogen) atoms. The van der Waals surface area contributed by atoms with Crippen molar-refractivity contribution < 1.29 is 14.8 Å². The number of nitrogens with zero attached hydrogens (tertiary/aromatic N) is 2. The maximum Gasteiger partial charge on any atom is 0.254 e. The van der Waals surface area contributed by atoms with Crippen LogP contribution in [0.15, 0.2) is 42.5 Å². The first-order valence-electron chi connectivity index (χ1n) is 9.08. The minimum absolute atomic E-state index is 0.0506. The number of hydrogen-bond acceptors (Lipinski definition) is 4. The number of benzene rings is 2. The summed E-state index contributed by atoms with van der Waals surface area (Å²) in [5.74, 6) is -0.334. The van der Waals surface area contributed by atoms with E-state index >= 15 is 0 Å². The van der Waals surface area contributed by atoms with Gasteiger partial charge < -0.3 is 9.80 Å². The van der Waals surface area contributed by atoms with Crippen LogP contribution in [0, 0.1) is 0 Å². The second-order valence-corrected chi connectivity index (χ2v) is 7.06. The number of fused-ring (bicyclic) bond motifs is 1. The molecule has 1 heterocycles. The number of amides is 2. The molecule has 2 aromatic carbocycles. The number of nitrogens with one attached hydrogen (secondary N) is 1. The summed E-state index contributed by atoms with van der Waals surface area (Å²) >= 11 is 0. The van der Waals surface area contributed by atoms with Crippen LogP contribution in [0.3, 0.4) is 0 Å². The van der Waals surface area contributed by atoms with E-state index in [1.807, 2.05) is 60.3 Å². The number of hydroxylamine groups is 1. The van der Waals surface area contributed by atoms with Gasteiger partial charge in [-0.25, -0.2) is 5.48 Å². The van der Waals surface area contributed by atoms with E-state index in [0.29, 0.717) is 25.1 Å². The summed E-state index contributed by atoms with van der Waals surface area (Å²) in [7, 11) is 3.95. The zero-order valence-electron chi connectivity index (χ0n) is 15.7. The Hall–Kier alpha value is -2.86. The van der Waals surface area contributed by atoms with Gasteiger partial charge >= 0.3 is 0 Å². The summed E-state index contributed by atoms with van der Waals surface area (Å²) in [6.07, 6.45) is 1.64. The molecule has 0 atom stereocenters. The van der Waals surface area contributed by atoms with E-state index < -0.39 is 0 Å². The first-order chi connectivity index (χ1) is 13.0. The van der Waals surface area contributed by atoms with Crippen LogP contribution in [0.25, 0.3) is 0 Å².